The Kier molecular flexibility index (Phi) is 3.99. The third-order valence-corrected chi connectivity index (χ3v) is 9.44. The van der Waals surface area contributed by atoms with E-state index >= 15 is 0 Å². The zero-order valence-electron chi connectivity index (χ0n) is 13.2. The van der Waals surface area contributed by atoms with Crippen LogP contribution in [-0.4, -0.2) is 58.4 Å². The van der Waals surface area contributed by atoms with Gasteiger partial charge >= 0.3 is 5.97 Å². The second-order valence-electron chi connectivity index (χ2n) is 7.03. The molecule has 23 heavy (non-hydrogen) atoms. The molecule has 5 atom stereocenters. The number of methoxy groups -OCH3 is 1. The minimum Gasteiger partial charge on any atom is -0.469 e. The Morgan fingerprint density at radius 1 is 1.39 bits per heavy atom. The van der Waals surface area contributed by atoms with Crippen LogP contribution >= 0.6 is 23.5 Å². The lowest BCUT2D eigenvalue weighted by Crippen LogP contribution is -2.62. The third-order valence-electron chi connectivity index (χ3n) is 5.98. The number of hydrogen-bond acceptors (Lipinski definition) is 7. The number of hydrogen-bond donors (Lipinski definition) is 1. The van der Waals surface area contributed by atoms with Crippen molar-refractivity contribution in [1.29, 1.82) is 0 Å². The number of thioether (sulfide) groups is 2. The van der Waals surface area contributed by atoms with Crippen LogP contribution in [0.1, 0.15) is 25.7 Å². The van der Waals surface area contributed by atoms with Crippen molar-refractivity contribution in [3.8, 4) is 0 Å². The van der Waals surface area contributed by atoms with Crippen molar-refractivity contribution in [1.82, 2.24) is 0 Å². The predicted octanol–water partition coefficient (Wildman–Crippen LogP) is 1.47. The molecule has 0 aromatic heterocycles. The maximum absolute atomic E-state index is 12.6. The van der Waals surface area contributed by atoms with Crippen LogP contribution in [0, 0.1) is 17.3 Å². The monoisotopic (exact) mass is 358 g/mol. The van der Waals surface area contributed by atoms with Crippen molar-refractivity contribution >= 4 is 35.3 Å². The van der Waals surface area contributed by atoms with Gasteiger partial charge in [0.25, 0.3) is 0 Å². The lowest BCUT2D eigenvalue weighted by Gasteiger charge is -2.53. The van der Waals surface area contributed by atoms with Crippen molar-refractivity contribution in [2.24, 2.45) is 17.3 Å². The molecular weight excluding hydrogens is 336 g/mol. The number of ether oxygens (including phenoxy) is 2. The summed E-state index contributed by atoms with van der Waals surface area (Å²) in [6.07, 6.45) is 1.68. The van der Waals surface area contributed by atoms with Gasteiger partial charge in [-0.25, -0.2) is 0 Å². The summed E-state index contributed by atoms with van der Waals surface area (Å²) >= 11 is 3.68. The molecule has 1 N–H and O–H groups in total. The standard InChI is InChI=1S/C16H22O5S2/c1-20-14(19)15-4-3-9(17)11-10(18)7-16(22-5-2-6-23-16)13(12(11)15)21-8-15/h10-13,18H,2-8H2,1H3/t10-,11+,12+,13-,15+/m1/s1. The van der Waals surface area contributed by atoms with Crippen LogP contribution in [0.2, 0.25) is 0 Å². The maximum atomic E-state index is 12.6. The zero-order valence-corrected chi connectivity index (χ0v) is 14.8. The molecule has 1 spiro atoms. The van der Waals surface area contributed by atoms with Crippen molar-refractivity contribution in [2.45, 2.75) is 42.0 Å². The Morgan fingerprint density at radius 2 is 2.13 bits per heavy atom. The van der Waals surface area contributed by atoms with E-state index in [1.807, 2.05) is 23.5 Å². The minimum atomic E-state index is -0.759. The fraction of sp³-hybridized carbons (Fsp3) is 0.875. The molecule has 0 unspecified atom stereocenters. The maximum Gasteiger partial charge on any atom is 0.314 e. The highest BCUT2D eigenvalue weighted by Crippen LogP contribution is 2.64. The molecule has 5 nitrogen and oxygen atoms in total. The molecule has 0 amide bonds. The van der Waals surface area contributed by atoms with E-state index in [4.69, 9.17) is 9.47 Å². The first-order valence-corrected chi connectivity index (χ1v) is 10.2. The molecule has 0 bridgehead atoms. The van der Waals surface area contributed by atoms with Gasteiger partial charge in [-0.05, 0) is 24.3 Å². The van der Waals surface area contributed by atoms with Gasteiger partial charge in [-0.2, -0.15) is 0 Å². The van der Waals surface area contributed by atoms with Gasteiger partial charge in [0.2, 0.25) is 0 Å². The number of Topliss-reactive ketones (excluding diaryl/α,β-unsaturated/α-hetero) is 1. The Balaban J connectivity index is 1.78. The average molecular weight is 358 g/mol. The fourth-order valence-electron chi connectivity index (χ4n) is 4.97. The molecule has 128 valence electrons. The van der Waals surface area contributed by atoms with E-state index in [0.29, 0.717) is 25.9 Å². The van der Waals surface area contributed by atoms with E-state index in [1.165, 1.54) is 7.11 Å². The second kappa shape index (κ2) is 5.64. The van der Waals surface area contributed by atoms with Crippen LogP contribution in [-0.2, 0) is 19.1 Å². The van der Waals surface area contributed by atoms with Crippen molar-refractivity contribution in [2.75, 3.05) is 25.2 Å². The lowest BCUT2D eigenvalue weighted by molar-refractivity contribution is -0.165. The molecule has 4 rings (SSSR count). The molecular formula is C16H22O5S2. The molecule has 2 aliphatic heterocycles. The van der Waals surface area contributed by atoms with Gasteiger partial charge in [0.15, 0.2) is 0 Å². The van der Waals surface area contributed by atoms with Gasteiger partial charge < -0.3 is 14.6 Å². The molecule has 2 heterocycles. The smallest absolute Gasteiger partial charge is 0.314 e. The van der Waals surface area contributed by atoms with Crippen LogP contribution in [0.5, 0.6) is 0 Å². The summed E-state index contributed by atoms with van der Waals surface area (Å²) in [6, 6.07) is 0. The normalized spacial score (nSPS) is 44.9. The SMILES string of the molecule is COC(=O)[C@]12CCC(=O)[C@@H]3[C@H]1[C@@H](OC2)C1(C[C@H]3O)SCCCS1. The van der Waals surface area contributed by atoms with Gasteiger partial charge in [0.1, 0.15) is 5.78 Å². The lowest BCUT2D eigenvalue weighted by atomic mass is 9.56. The summed E-state index contributed by atoms with van der Waals surface area (Å²) in [6.45, 7) is 0.314. The summed E-state index contributed by atoms with van der Waals surface area (Å²) < 4.78 is 11.0. The largest absolute Gasteiger partial charge is 0.469 e. The first-order chi connectivity index (χ1) is 11.0. The minimum absolute atomic E-state index is 0.0817. The van der Waals surface area contributed by atoms with Gasteiger partial charge in [0.05, 0.1) is 41.3 Å². The highest BCUT2D eigenvalue weighted by molar-refractivity contribution is 8.18. The summed E-state index contributed by atoms with van der Waals surface area (Å²) in [5.74, 6) is 1.14. The predicted molar refractivity (Wildman–Crippen MR) is 88.3 cm³/mol. The zero-order chi connectivity index (χ0) is 16.2. The van der Waals surface area contributed by atoms with Crippen molar-refractivity contribution < 1.29 is 24.2 Å². The summed E-state index contributed by atoms with van der Waals surface area (Å²) in [7, 11) is 1.40. The van der Waals surface area contributed by atoms with Gasteiger partial charge in [-0.15, -0.1) is 23.5 Å². The number of aliphatic hydroxyl groups is 1. The Labute approximate surface area is 144 Å². The van der Waals surface area contributed by atoms with E-state index in [9.17, 15) is 14.7 Å². The molecule has 4 fully saturated rings. The molecule has 2 aliphatic carbocycles. The topological polar surface area (TPSA) is 72.8 Å². The summed E-state index contributed by atoms with van der Waals surface area (Å²) in [5.41, 5.74) is -0.759. The number of fused-ring (bicyclic) bond motifs is 1. The number of esters is 1. The molecule has 4 aliphatic rings. The average Bonchev–Trinajstić information content (AvgIpc) is 2.95. The van der Waals surface area contributed by atoms with Gasteiger partial charge in [-0.3, -0.25) is 9.59 Å². The van der Waals surface area contributed by atoms with E-state index in [0.717, 1.165) is 17.9 Å². The molecule has 0 aromatic rings. The third kappa shape index (κ3) is 2.16. The van der Waals surface area contributed by atoms with E-state index in [2.05, 4.69) is 0 Å². The van der Waals surface area contributed by atoms with Crippen LogP contribution in [0.4, 0.5) is 0 Å². The molecule has 2 saturated heterocycles. The first kappa shape index (κ1) is 16.2. The van der Waals surface area contributed by atoms with Crippen molar-refractivity contribution in [3.63, 3.8) is 0 Å². The molecule has 2 saturated carbocycles. The Bertz CT molecular complexity index is 533. The van der Waals surface area contributed by atoms with Crippen LogP contribution in [0.3, 0.4) is 0 Å². The summed E-state index contributed by atoms with van der Waals surface area (Å²) in [5, 5.41) is 10.8. The Morgan fingerprint density at radius 3 is 2.83 bits per heavy atom. The van der Waals surface area contributed by atoms with E-state index in [-0.39, 0.29) is 27.9 Å². The molecule has 7 heteroatoms. The fourth-order valence-corrected chi connectivity index (χ4v) is 8.59. The number of aliphatic hydroxyl groups excluding tert-OH is 1. The van der Waals surface area contributed by atoms with Crippen molar-refractivity contribution in [3.05, 3.63) is 0 Å². The number of rotatable bonds is 1. The van der Waals surface area contributed by atoms with Crippen LogP contribution in [0.25, 0.3) is 0 Å². The molecule has 0 radical (unpaired) electrons. The van der Waals surface area contributed by atoms with Crippen LogP contribution in [0.15, 0.2) is 0 Å². The highest BCUT2D eigenvalue weighted by atomic mass is 32.2. The number of carbonyl (C=O) groups is 2. The first-order valence-electron chi connectivity index (χ1n) is 8.23. The van der Waals surface area contributed by atoms with E-state index < -0.39 is 17.4 Å². The van der Waals surface area contributed by atoms with Gasteiger partial charge in [0, 0.05) is 18.8 Å². The number of carbonyl (C=O) groups excluding carboxylic acids is 2. The number of ketones is 1. The quantitative estimate of drug-likeness (QED) is 0.712. The molecule has 0 aromatic carbocycles. The highest BCUT2D eigenvalue weighted by Gasteiger charge is 2.70. The van der Waals surface area contributed by atoms with E-state index in [1.54, 1.807) is 0 Å². The summed E-state index contributed by atoms with van der Waals surface area (Å²) in [4.78, 5) is 25.1. The van der Waals surface area contributed by atoms with Crippen LogP contribution < -0.4 is 0 Å². The second-order valence-corrected chi connectivity index (χ2v) is 10.1. The Hall–Kier alpha value is -0.240. The van der Waals surface area contributed by atoms with Gasteiger partial charge in [-0.1, -0.05) is 0 Å².